The summed E-state index contributed by atoms with van der Waals surface area (Å²) in [6, 6.07) is 9.53. The molecule has 0 radical (unpaired) electrons. The van der Waals surface area contributed by atoms with Gasteiger partial charge in [0, 0.05) is 6.04 Å². The molecule has 114 valence electrons. The third kappa shape index (κ3) is 2.53. The van der Waals surface area contributed by atoms with Crippen LogP contribution in [0.25, 0.3) is 0 Å². The first kappa shape index (κ1) is 13.8. The zero-order valence-electron chi connectivity index (χ0n) is 13.1. The van der Waals surface area contributed by atoms with Crippen LogP contribution < -0.4 is 5.32 Å². The molecule has 1 N–H and O–H groups in total. The Labute approximate surface area is 128 Å². The minimum absolute atomic E-state index is 0.306. The number of rotatable bonds is 5. The Balaban J connectivity index is 1.49. The van der Waals surface area contributed by atoms with Crippen LogP contribution in [0, 0.1) is 17.8 Å². The molecule has 0 amide bonds. The fourth-order valence-corrected chi connectivity index (χ4v) is 5.02. The molecule has 4 atom stereocenters. The lowest BCUT2D eigenvalue weighted by molar-refractivity contribution is 0.0268. The number of fused-ring (bicyclic) bond motifs is 2. The van der Waals surface area contributed by atoms with Crippen molar-refractivity contribution in [2.75, 3.05) is 13.2 Å². The van der Waals surface area contributed by atoms with E-state index in [4.69, 9.17) is 4.74 Å². The molecule has 3 aliphatic rings. The van der Waals surface area contributed by atoms with Crippen molar-refractivity contribution in [3.05, 3.63) is 35.4 Å². The fraction of sp³-hybridized carbons (Fsp3) is 0.684. The van der Waals surface area contributed by atoms with Crippen molar-refractivity contribution in [3.63, 3.8) is 0 Å². The molecule has 2 saturated carbocycles. The van der Waals surface area contributed by atoms with Gasteiger partial charge >= 0.3 is 0 Å². The number of hydrogen-bond donors (Lipinski definition) is 1. The van der Waals surface area contributed by atoms with Gasteiger partial charge in [0.1, 0.15) is 0 Å². The van der Waals surface area contributed by atoms with Crippen LogP contribution in [0.1, 0.15) is 49.8 Å². The molecule has 2 aliphatic carbocycles. The van der Waals surface area contributed by atoms with Gasteiger partial charge in [-0.05, 0) is 61.1 Å². The van der Waals surface area contributed by atoms with E-state index in [0.29, 0.717) is 12.1 Å². The molecular formula is C19H27NO. The van der Waals surface area contributed by atoms with E-state index in [2.05, 4.69) is 36.5 Å². The fourth-order valence-electron chi connectivity index (χ4n) is 5.02. The molecule has 2 nitrogen and oxygen atoms in total. The van der Waals surface area contributed by atoms with Crippen LogP contribution in [0.5, 0.6) is 0 Å². The normalized spacial score (nSPS) is 35.1. The Kier molecular flexibility index (Phi) is 3.76. The van der Waals surface area contributed by atoms with Gasteiger partial charge in [0.2, 0.25) is 0 Å². The SMILES string of the molecule is CCNC(CC1OCCc2ccccc21)C1C2CCCC21. The number of benzene rings is 1. The first-order chi connectivity index (χ1) is 10.4. The Morgan fingerprint density at radius 3 is 2.86 bits per heavy atom. The summed E-state index contributed by atoms with van der Waals surface area (Å²) in [6.45, 7) is 4.20. The molecular weight excluding hydrogens is 258 g/mol. The van der Waals surface area contributed by atoms with E-state index in [0.717, 1.165) is 43.7 Å². The lowest BCUT2D eigenvalue weighted by atomic mass is 9.90. The molecule has 2 heteroatoms. The highest BCUT2D eigenvalue weighted by Crippen LogP contribution is 2.60. The van der Waals surface area contributed by atoms with Gasteiger partial charge in [0.15, 0.2) is 0 Å². The van der Waals surface area contributed by atoms with Gasteiger partial charge in [-0.2, -0.15) is 0 Å². The smallest absolute Gasteiger partial charge is 0.0842 e. The maximum atomic E-state index is 6.14. The van der Waals surface area contributed by atoms with Crippen LogP contribution in [-0.4, -0.2) is 19.2 Å². The van der Waals surface area contributed by atoms with E-state index in [1.54, 1.807) is 0 Å². The van der Waals surface area contributed by atoms with E-state index in [9.17, 15) is 0 Å². The monoisotopic (exact) mass is 285 g/mol. The highest BCUT2D eigenvalue weighted by atomic mass is 16.5. The maximum absolute atomic E-state index is 6.14. The molecule has 4 unspecified atom stereocenters. The number of nitrogens with one attached hydrogen (secondary N) is 1. The van der Waals surface area contributed by atoms with E-state index in [-0.39, 0.29) is 0 Å². The van der Waals surface area contributed by atoms with Gasteiger partial charge in [-0.25, -0.2) is 0 Å². The molecule has 0 saturated heterocycles. The van der Waals surface area contributed by atoms with Crippen molar-refractivity contribution in [3.8, 4) is 0 Å². The van der Waals surface area contributed by atoms with Crippen LogP contribution in [0.15, 0.2) is 24.3 Å². The first-order valence-electron chi connectivity index (χ1n) is 8.81. The highest BCUT2D eigenvalue weighted by molar-refractivity contribution is 5.31. The van der Waals surface area contributed by atoms with E-state index < -0.39 is 0 Å². The Morgan fingerprint density at radius 1 is 1.24 bits per heavy atom. The first-order valence-corrected chi connectivity index (χ1v) is 8.81. The van der Waals surface area contributed by atoms with Crippen molar-refractivity contribution < 1.29 is 4.74 Å². The molecule has 1 aromatic carbocycles. The average Bonchev–Trinajstić information content (AvgIpc) is 2.99. The van der Waals surface area contributed by atoms with Crippen molar-refractivity contribution in [1.82, 2.24) is 5.32 Å². The van der Waals surface area contributed by atoms with E-state index in [1.807, 2.05) is 0 Å². The molecule has 1 aliphatic heterocycles. The number of ether oxygens (including phenoxy) is 1. The van der Waals surface area contributed by atoms with E-state index in [1.165, 1.54) is 30.4 Å². The quantitative estimate of drug-likeness (QED) is 0.890. The minimum atomic E-state index is 0.306. The third-order valence-corrected chi connectivity index (χ3v) is 5.96. The van der Waals surface area contributed by atoms with Crippen LogP contribution in [0.3, 0.4) is 0 Å². The van der Waals surface area contributed by atoms with Gasteiger partial charge in [-0.15, -0.1) is 0 Å². The summed E-state index contributed by atoms with van der Waals surface area (Å²) in [6.07, 6.45) is 6.95. The van der Waals surface area contributed by atoms with Crippen molar-refractivity contribution in [2.45, 2.75) is 51.2 Å². The molecule has 1 heterocycles. The summed E-state index contributed by atoms with van der Waals surface area (Å²) in [5, 5.41) is 3.77. The summed E-state index contributed by atoms with van der Waals surface area (Å²) in [7, 11) is 0. The minimum Gasteiger partial charge on any atom is -0.373 e. The lowest BCUT2D eigenvalue weighted by Gasteiger charge is -2.30. The van der Waals surface area contributed by atoms with Crippen LogP contribution in [0.4, 0.5) is 0 Å². The van der Waals surface area contributed by atoms with Crippen LogP contribution in [-0.2, 0) is 11.2 Å². The molecule has 21 heavy (non-hydrogen) atoms. The average molecular weight is 285 g/mol. The van der Waals surface area contributed by atoms with Gasteiger partial charge in [0.05, 0.1) is 12.7 Å². The van der Waals surface area contributed by atoms with E-state index >= 15 is 0 Å². The topological polar surface area (TPSA) is 21.3 Å². The summed E-state index contributed by atoms with van der Waals surface area (Å²) < 4.78 is 6.14. The Morgan fingerprint density at radius 2 is 2.05 bits per heavy atom. The molecule has 0 bridgehead atoms. The van der Waals surface area contributed by atoms with Crippen molar-refractivity contribution in [1.29, 1.82) is 0 Å². The predicted octanol–water partition coefficient (Wildman–Crippen LogP) is 3.71. The summed E-state index contributed by atoms with van der Waals surface area (Å²) in [5.74, 6) is 2.97. The maximum Gasteiger partial charge on any atom is 0.0842 e. The largest absolute Gasteiger partial charge is 0.373 e. The Bertz CT molecular complexity index is 490. The van der Waals surface area contributed by atoms with Crippen molar-refractivity contribution in [2.24, 2.45) is 17.8 Å². The zero-order chi connectivity index (χ0) is 14.2. The standard InChI is InChI=1S/C19H27NO/c1-2-20-17(19-15-8-5-9-16(15)19)12-18-14-7-4-3-6-13(14)10-11-21-18/h3-4,6-7,15-20H,2,5,8-12H2,1H3. The summed E-state index contributed by atoms with van der Waals surface area (Å²) >= 11 is 0. The van der Waals surface area contributed by atoms with Crippen molar-refractivity contribution >= 4 is 0 Å². The summed E-state index contributed by atoms with van der Waals surface area (Å²) in [4.78, 5) is 0. The Hall–Kier alpha value is -0.860. The highest BCUT2D eigenvalue weighted by Gasteiger charge is 2.55. The van der Waals surface area contributed by atoms with Gasteiger partial charge < -0.3 is 10.1 Å². The van der Waals surface area contributed by atoms with Crippen LogP contribution in [0.2, 0.25) is 0 Å². The lowest BCUT2D eigenvalue weighted by Crippen LogP contribution is -2.35. The van der Waals surface area contributed by atoms with Crippen LogP contribution >= 0.6 is 0 Å². The van der Waals surface area contributed by atoms with Gasteiger partial charge in [0.25, 0.3) is 0 Å². The third-order valence-electron chi connectivity index (χ3n) is 5.96. The zero-order valence-corrected chi connectivity index (χ0v) is 13.1. The summed E-state index contributed by atoms with van der Waals surface area (Å²) in [5.41, 5.74) is 2.94. The predicted molar refractivity (Wildman–Crippen MR) is 85.2 cm³/mol. The molecule has 2 fully saturated rings. The second kappa shape index (κ2) is 5.73. The van der Waals surface area contributed by atoms with Gasteiger partial charge in [-0.3, -0.25) is 0 Å². The number of hydrogen-bond acceptors (Lipinski definition) is 2. The van der Waals surface area contributed by atoms with Gasteiger partial charge in [-0.1, -0.05) is 37.6 Å². The molecule has 0 spiro atoms. The molecule has 4 rings (SSSR count). The molecule has 1 aromatic rings. The second-order valence-electron chi connectivity index (χ2n) is 7.04. The second-order valence-corrected chi connectivity index (χ2v) is 7.04. The molecule has 0 aromatic heterocycles.